The molecular formula is C18H14F2N2O3. The molecule has 2 aromatic carbocycles. The Morgan fingerprint density at radius 2 is 1.80 bits per heavy atom. The summed E-state index contributed by atoms with van der Waals surface area (Å²) in [5.41, 5.74) is -0.0257. The average Bonchev–Trinajstić information content (AvgIpc) is 2.99. The smallest absolute Gasteiger partial charge is 0.362 e. The molecule has 0 amide bonds. The maximum absolute atomic E-state index is 14.0. The molecule has 128 valence electrons. The number of halogens is 2. The van der Waals surface area contributed by atoms with E-state index >= 15 is 0 Å². The molecule has 1 heterocycles. The number of rotatable bonds is 5. The van der Waals surface area contributed by atoms with E-state index in [0.29, 0.717) is 5.69 Å². The Kier molecular flexibility index (Phi) is 4.74. The van der Waals surface area contributed by atoms with Gasteiger partial charge in [0, 0.05) is 5.69 Å². The summed E-state index contributed by atoms with van der Waals surface area (Å²) in [5, 5.41) is 2.87. The van der Waals surface area contributed by atoms with Crippen LogP contribution in [0.2, 0.25) is 0 Å². The summed E-state index contributed by atoms with van der Waals surface area (Å²) in [6, 6.07) is 12.2. The highest BCUT2D eigenvalue weighted by atomic mass is 19.1. The van der Waals surface area contributed by atoms with Gasteiger partial charge in [-0.3, -0.25) is 0 Å². The number of hydrogen-bond donors (Lipinski definition) is 1. The monoisotopic (exact) mass is 344 g/mol. The van der Waals surface area contributed by atoms with Crippen LogP contribution in [-0.4, -0.2) is 17.6 Å². The molecule has 0 fully saturated rings. The van der Waals surface area contributed by atoms with Gasteiger partial charge in [-0.1, -0.05) is 24.3 Å². The van der Waals surface area contributed by atoms with Gasteiger partial charge in [0.05, 0.1) is 6.61 Å². The summed E-state index contributed by atoms with van der Waals surface area (Å²) in [6.45, 7) is 1.76. The number of esters is 1. The van der Waals surface area contributed by atoms with Crippen molar-refractivity contribution in [2.45, 2.75) is 6.92 Å². The van der Waals surface area contributed by atoms with Crippen LogP contribution in [0.5, 0.6) is 0 Å². The lowest BCUT2D eigenvalue weighted by atomic mass is 10.2. The molecule has 0 aliphatic rings. The summed E-state index contributed by atoms with van der Waals surface area (Å²) >= 11 is 0. The Labute approximate surface area is 142 Å². The zero-order valence-electron chi connectivity index (χ0n) is 13.3. The first kappa shape index (κ1) is 16.6. The first-order valence-corrected chi connectivity index (χ1v) is 7.54. The van der Waals surface area contributed by atoms with Crippen molar-refractivity contribution in [1.82, 2.24) is 4.98 Å². The van der Waals surface area contributed by atoms with Gasteiger partial charge in [-0.2, -0.15) is 4.98 Å². The molecule has 0 unspecified atom stereocenters. The van der Waals surface area contributed by atoms with E-state index in [2.05, 4.69) is 10.3 Å². The second-order valence-corrected chi connectivity index (χ2v) is 5.00. The first-order chi connectivity index (χ1) is 12.1. The van der Waals surface area contributed by atoms with Crippen LogP contribution in [0.15, 0.2) is 52.9 Å². The van der Waals surface area contributed by atoms with Crippen molar-refractivity contribution in [2.24, 2.45) is 0 Å². The van der Waals surface area contributed by atoms with E-state index in [1.54, 1.807) is 31.2 Å². The van der Waals surface area contributed by atoms with Crippen molar-refractivity contribution < 1.29 is 22.7 Å². The first-order valence-electron chi connectivity index (χ1n) is 7.54. The Morgan fingerprint density at radius 3 is 2.44 bits per heavy atom. The van der Waals surface area contributed by atoms with E-state index < -0.39 is 23.2 Å². The molecule has 0 saturated carbocycles. The fraction of sp³-hybridized carbons (Fsp3) is 0.111. The lowest BCUT2D eigenvalue weighted by Gasteiger charge is -2.04. The number of nitrogens with zero attached hydrogens (tertiary/aromatic N) is 1. The number of para-hydroxylation sites is 1. The minimum absolute atomic E-state index is 0.0534. The minimum Gasteiger partial charge on any atom is -0.461 e. The molecule has 3 aromatic rings. The Bertz CT molecular complexity index is 874. The van der Waals surface area contributed by atoms with Crippen LogP contribution in [0, 0.1) is 11.6 Å². The SMILES string of the molecule is CCOC(=O)c1nc(-c2c(F)cccc2F)oc1Nc1ccccc1. The van der Waals surface area contributed by atoms with E-state index in [1.807, 2.05) is 6.07 Å². The highest BCUT2D eigenvalue weighted by Crippen LogP contribution is 2.31. The molecule has 7 heteroatoms. The van der Waals surface area contributed by atoms with E-state index in [9.17, 15) is 13.6 Å². The van der Waals surface area contributed by atoms with Gasteiger partial charge in [0.2, 0.25) is 17.5 Å². The van der Waals surface area contributed by atoms with Crippen molar-refractivity contribution in [3.63, 3.8) is 0 Å². The maximum Gasteiger partial charge on any atom is 0.362 e. The fourth-order valence-electron chi connectivity index (χ4n) is 2.20. The molecule has 0 saturated heterocycles. The summed E-state index contributed by atoms with van der Waals surface area (Å²) < 4.78 is 38.3. The van der Waals surface area contributed by atoms with Crippen LogP contribution in [-0.2, 0) is 4.74 Å². The number of oxazole rings is 1. The third-order valence-corrected chi connectivity index (χ3v) is 3.30. The second-order valence-electron chi connectivity index (χ2n) is 5.00. The van der Waals surface area contributed by atoms with E-state index in [0.717, 1.165) is 12.1 Å². The van der Waals surface area contributed by atoms with Crippen LogP contribution < -0.4 is 5.32 Å². The van der Waals surface area contributed by atoms with Crippen molar-refractivity contribution in [2.75, 3.05) is 11.9 Å². The number of hydrogen-bond acceptors (Lipinski definition) is 5. The van der Waals surface area contributed by atoms with Crippen LogP contribution in [0.4, 0.5) is 20.4 Å². The van der Waals surface area contributed by atoms with Gasteiger partial charge < -0.3 is 14.5 Å². The molecular weight excluding hydrogens is 330 g/mol. The third-order valence-electron chi connectivity index (χ3n) is 3.30. The molecule has 0 radical (unpaired) electrons. The molecule has 0 spiro atoms. The van der Waals surface area contributed by atoms with Gasteiger partial charge in [-0.05, 0) is 31.2 Å². The quantitative estimate of drug-likeness (QED) is 0.689. The third kappa shape index (κ3) is 3.50. The van der Waals surface area contributed by atoms with Gasteiger partial charge >= 0.3 is 5.97 Å². The zero-order valence-corrected chi connectivity index (χ0v) is 13.3. The normalized spacial score (nSPS) is 10.5. The average molecular weight is 344 g/mol. The molecule has 1 N–H and O–H groups in total. The van der Waals surface area contributed by atoms with Gasteiger partial charge in [0.25, 0.3) is 0 Å². The van der Waals surface area contributed by atoms with Crippen molar-refractivity contribution in [1.29, 1.82) is 0 Å². The number of carbonyl (C=O) groups is 1. The summed E-state index contributed by atoms with van der Waals surface area (Å²) in [6.07, 6.45) is 0. The second kappa shape index (κ2) is 7.12. The molecule has 25 heavy (non-hydrogen) atoms. The highest BCUT2D eigenvalue weighted by molar-refractivity contribution is 5.93. The van der Waals surface area contributed by atoms with Crippen molar-refractivity contribution >= 4 is 17.5 Å². The van der Waals surface area contributed by atoms with Gasteiger partial charge in [-0.15, -0.1) is 0 Å². The van der Waals surface area contributed by atoms with Crippen LogP contribution in [0.25, 0.3) is 11.5 Å². The van der Waals surface area contributed by atoms with Crippen molar-refractivity contribution in [3.8, 4) is 11.5 Å². The highest BCUT2D eigenvalue weighted by Gasteiger charge is 2.25. The lowest BCUT2D eigenvalue weighted by Crippen LogP contribution is -2.07. The number of ether oxygens (including phenoxy) is 1. The maximum atomic E-state index is 14.0. The van der Waals surface area contributed by atoms with E-state index in [-0.39, 0.29) is 24.1 Å². The Balaban J connectivity index is 2.07. The molecule has 1 aromatic heterocycles. The molecule has 0 atom stereocenters. The largest absolute Gasteiger partial charge is 0.461 e. The van der Waals surface area contributed by atoms with Crippen LogP contribution in [0.1, 0.15) is 17.4 Å². The standard InChI is InChI=1S/C18H14F2N2O3/c1-2-24-18(23)15-17(21-11-7-4-3-5-8-11)25-16(22-15)14-12(19)9-6-10-13(14)20/h3-10,21H,2H2,1H3. The zero-order chi connectivity index (χ0) is 17.8. The predicted octanol–water partition coefficient (Wildman–Crippen LogP) is 4.54. The molecule has 3 rings (SSSR count). The van der Waals surface area contributed by atoms with Crippen LogP contribution >= 0.6 is 0 Å². The summed E-state index contributed by atoms with van der Waals surface area (Å²) in [7, 11) is 0. The summed E-state index contributed by atoms with van der Waals surface area (Å²) in [5.74, 6) is -2.85. The molecule has 0 aliphatic carbocycles. The number of carbonyl (C=O) groups excluding carboxylic acids is 1. The Morgan fingerprint density at radius 1 is 1.12 bits per heavy atom. The van der Waals surface area contributed by atoms with Gasteiger partial charge in [0.15, 0.2) is 0 Å². The van der Waals surface area contributed by atoms with E-state index in [4.69, 9.17) is 9.15 Å². The Hall–Kier alpha value is -3.22. The minimum atomic E-state index is -0.845. The topological polar surface area (TPSA) is 64.4 Å². The molecule has 0 bridgehead atoms. The van der Waals surface area contributed by atoms with Gasteiger partial charge in [-0.25, -0.2) is 13.6 Å². The molecule has 5 nitrogen and oxygen atoms in total. The van der Waals surface area contributed by atoms with Crippen molar-refractivity contribution in [3.05, 3.63) is 65.9 Å². The lowest BCUT2D eigenvalue weighted by molar-refractivity contribution is 0.0521. The van der Waals surface area contributed by atoms with E-state index in [1.165, 1.54) is 6.07 Å². The van der Waals surface area contributed by atoms with Gasteiger partial charge in [0.1, 0.15) is 17.2 Å². The number of aromatic nitrogens is 1. The number of anilines is 2. The number of nitrogens with one attached hydrogen (secondary N) is 1. The number of benzene rings is 2. The van der Waals surface area contributed by atoms with Crippen LogP contribution in [0.3, 0.4) is 0 Å². The molecule has 0 aliphatic heterocycles. The fourth-order valence-corrected chi connectivity index (χ4v) is 2.20. The summed E-state index contributed by atoms with van der Waals surface area (Å²) in [4.78, 5) is 16.0. The predicted molar refractivity (Wildman–Crippen MR) is 87.5 cm³/mol.